The minimum atomic E-state index is -0.688. The van der Waals surface area contributed by atoms with Crippen molar-refractivity contribution < 1.29 is 28.6 Å². The van der Waals surface area contributed by atoms with Crippen molar-refractivity contribution >= 4 is 40.8 Å². The summed E-state index contributed by atoms with van der Waals surface area (Å²) in [4.78, 5) is 40.4. The summed E-state index contributed by atoms with van der Waals surface area (Å²) in [5.74, 6) is -0.988. The summed E-state index contributed by atoms with van der Waals surface area (Å²) in [6.45, 7) is 2.39. The van der Waals surface area contributed by atoms with Crippen molar-refractivity contribution in [1.29, 1.82) is 0 Å². The number of esters is 2. The molecule has 0 aromatic heterocycles. The van der Waals surface area contributed by atoms with Crippen LogP contribution in [0.25, 0.3) is 0 Å². The average Bonchev–Trinajstić information content (AvgIpc) is 2.87. The number of hydrogen-bond acceptors (Lipinski definition) is 8. The molecule has 1 fully saturated rings. The molecule has 1 amide bonds. The van der Waals surface area contributed by atoms with Gasteiger partial charge in [-0.2, -0.15) is 0 Å². The maximum atomic E-state index is 13.0. The van der Waals surface area contributed by atoms with Gasteiger partial charge in [-0.25, -0.2) is 9.59 Å². The number of hydrogen-bond donors (Lipinski definition) is 1. The highest BCUT2D eigenvalue weighted by molar-refractivity contribution is 6.31. The molecule has 1 saturated heterocycles. The molecule has 34 heavy (non-hydrogen) atoms. The van der Waals surface area contributed by atoms with Gasteiger partial charge in [0.2, 0.25) is 0 Å². The zero-order valence-corrected chi connectivity index (χ0v) is 19.9. The number of ether oxygens (including phenoxy) is 3. The van der Waals surface area contributed by atoms with Gasteiger partial charge < -0.3 is 29.3 Å². The molecule has 1 N–H and O–H groups in total. The van der Waals surface area contributed by atoms with Crippen molar-refractivity contribution in [3.8, 4) is 5.75 Å². The lowest BCUT2D eigenvalue weighted by Crippen LogP contribution is -2.48. The minimum Gasteiger partial charge on any atom is -0.496 e. The Labute approximate surface area is 202 Å². The molecule has 0 aliphatic carbocycles. The highest BCUT2D eigenvalue weighted by Crippen LogP contribution is 2.26. The second-order valence-corrected chi connectivity index (χ2v) is 7.80. The number of nitrogens with zero attached hydrogens (tertiary/aromatic N) is 2. The summed E-state index contributed by atoms with van der Waals surface area (Å²) in [6, 6.07) is 12.4. The third-order valence-corrected chi connectivity index (χ3v) is 5.57. The van der Waals surface area contributed by atoms with E-state index in [1.54, 1.807) is 35.2 Å². The van der Waals surface area contributed by atoms with Crippen LogP contribution in [0.2, 0.25) is 5.02 Å². The van der Waals surface area contributed by atoms with Crippen LogP contribution in [0.1, 0.15) is 10.4 Å². The fourth-order valence-corrected chi connectivity index (χ4v) is 3.70. The zero-order valence-electron chi connectivity index (χ0n) is 19.2. The van der Waals surface area contributed by atoms with Gasteiger partial charge in [0, 0.05) is 42.6 Å². The van der Waals surface area contributed by atoms with Crippen LogP contribution in [0, 0.1) is 0 Å². The Morgan fingerprint density at radius 3 is 2.21 bits per heavy atom. The summed E-state index contributed by atoms with van der Waals surface area (Å²) in [6.07, 6.45) is 1.03. The van der Waals surface area contributed by atoms with Crippen molar-refractivity contribution in [1.82, 2.24) is 4.90 Å². The van der Waals surface area contributed by atoms with Gasteiger partial charge in [0.15, 0.2) is 0 Å². The Kier molecular flexibility index (Phi) is 8.37. The third-order valence-electron chi connectivity index (χ3n) is 5.34. The molecule has 0 atom stereocenters. The van der Waals surface area contributed by atoms with Gasteiger partial charge in [-0.1, -0.05) is 11.6 Å². The molecule has 3 rings (SSSR count). The van der Waals surface area contributed by atoms with Crippen molar-refractivity contribution in [2.24, 2.45) is 0 Å². The first-order valence-electron chi connectivity index (χ1n) is 10.5. The van der Waals surface area contributed by atoms with Crippen LogP contribution in [-0.4, -0.2) is 70.3 Å². The Bertz CT molecular complexity index is 1080. The largest absolute Gasteiger partial charge is 0.496 e. The van der Waals surface area contributed by atoms with Crippen LogP contribution in [-0.2, 0) is 19.1 Å². The molecule has 1 heterocycles. The van der Waals surface area contributed by atoms with Crippen LogP contribution in [0.4, 0.5) is 11.4 Å². The molecule has 9 nitrogen and oxygen atoms in total. The van der Waals surface area contributed by atoms with Crippen LogP contribution < -0.4 is 15.0 Å². The molecule has 0 radical (unpaired) electrons. The molecule has 2 aromatic rings. The summed E-state index contributed by atoms with van der Waals surface area (Å²) in [5, 5.41) is 3.35. The van der Waals surface area contributed by atoms with Crippen LogP contribution in [0.15, 0.2) is 54.2 Å². The van der Waals surface area contributed by atoms with Crippen molar-refractivity contribution in [3.63, 3.8) is 0 Å². The van der Waals surface area contributed by atoms with E-state index in [2.05, 4.69) is 15.0 Å². The highest BCUT2D eigenvalue weighted by atomic mass is 35.5. The first-order chi connectivity index (χ1) is 16.4. The lowest BCUT2D eigenvalue weighted by atomic mass is 10.1. The number of rotatable bonds is 7. The number of carbonyl (C=O) groups excluding carboxylic acids is 3. The molecule has 180 valence electrons. The minimum absolute atomic E-state index is 0.0364. The molecule has 0 saturated carbocycles. The van der Waals surface area contributed by atoms with E-state index in [0.29, 0.717) is 48.2 Å². The predicted octanol–water partition coefficient (Wildman–Crippen LogP) is 2.95. The molecule has 0 spiro atoms. The molecule has 1 aliphatic rings. The van der Waals surface area contributed by atoms with E-state index in [0.717, 1.165) is 11.8 Å². The lowest BCUT2D eigenvalue weighted by Gasteiger charge is -2.36. The fraction of sp³-hybridized carbons (Fsp3) is 0.292. The number of methoxy groups -OCH3 is 3. The molecule has 2 aromatic carbocycles. The number of piperazine rings is 1. The van der Waals surface area contributed by atoms with E-state index in [1.807, 2.05) is 12.1 Å². The Hall–Kier alpha value is -3.72. The Morgan fingerprint density at radius 2 is 1.62 bits per heavy atom. The Morgan fingerprint density at radius 1 is 0.941 bits per heavy atom. The van der Waals surface area contributed by atoms with Crippen molar-refractivity contribution in [2.45, 2.75) is 0 Å². The summed E-state index contributed by atoms with van der Waals surface area (Å²) in [7, 11) is 3.97. The first kappa shape index (κ1) is 24.9. The van der Waals surface area contributed by atoms with Crippen LogP contribution in [0.3, 0.4) is 0 Å². The Balaban J connectivity index is 1.63. The SMILES string of the molecule is COC(=O)/C=C(/Nc1ccc(N2CCN(C(=O)c3cc(Cl)ccc3OC)CC2)cc1)C(=O)OC. The maximum absolute atomic E-state index is 13.0. The maximum Gasteiger partial charge on any atom is 0.354 e. The molecular formula is C24H26ClN3O6. The quantitative estimate of drug-likeness (QED) is 0.470. The number of carbonyl (C=O) groups is 3. The topological polar surface area (TPSA) is 97.4 Å². The number of amides is 1. The van der Waals surface area contributed by atoms with Gasteiger partial charge in [0.25, 0.3) is 5.91 Å². The van der Waals surface area contributed by atoms with E-state index in [1.165, 1.54) is 21.3 Å². The van der Waals surface area contributed by atoms with Crippen molar-refractivity contribution in [2.75, 3.05) is 57.7 Å². The van der Waals surface area contributed by atoms with E-state index in [-0.39, 0.29) is 11.6 Å². The smallest absolute Gasteiger partial charge is 0.354 e. The number of anilines is 2. The molecule has 0 unspecified atom stereocenters. The van der Waals surface area contributed by atoms with E-state index >= 15 is 0 Å². The summed E-state index contributed by atoms with van der Waals surface area (Å²) >= 11 is 6.07. The number of halogens is 1. The fourth-order valence-electron chi connectivity index (χ4n) is 3.53. The summed E-state index contributed by atoms with van der Waals surface area (Å²) in [5.41, 5.74) is 1.98. The third kappa shape index (κ3) is 5.99. The van der Waals surface area contributed by atoms with Crippen LogP contribution >= 0.6 is 11.6 Å². The van der Waals surface area contributed by atoms with Crippen molar-refractivity contribution in [3.05, 3.63) is 64.8 Å². The normalized spacial score (nSPS) is 13.8. The van der Waals surface area contributed by atoms with Gasteiger partial charge in [0.05, 0.1) is 33.0 Å². The second-order valence-electron chi connectivity index (χ2n) is 7.37. The van der Waals surface area contributed by atoms with Gasteiger partial charge in [-0.3, -0.25) is 4.79 Å². The van der Waals surface area contributed by atoms with Gasteiger partial charge in [-0.15, -0.1) is 0 Å². The molecular weight excluding hydrogens is 462 g/mol. The zero-order chi connectivity index (χ0) is 24.7. The van der Waals surface area contributed by atoms with Gasteiger partial charge in [-0.05, 0) is 42.5 Å². The molecule has 10 heteroatoms. The molecule has 0 bridgehead atoms. The van der Waals surface area contributed by atoms with E-state index < -0.39 is 11.9 Å². The van der Waals surface area contributed by atoms with E-state index in [9.17, 15) is 14.4 Å². The van der Waals surface area contributed by atoms with Gasteiger partial charge >= 0.3 is 11.9 Å². The second kappa shape index (κ2) is 11.4. The average molecular weight is 488 g/mol. The predicted molar refractivity (Wildman–Crippen MR) is 128 cm³/mol. The summed E-state index contributed by atoms with van der Waals surface area (Å²) < 4.78 is 14.6. The number of nitrogens with one attached hydrogen (secondary N) is 1. The van der Waals surface area contributed by atoms with E-state index in [4.69, 9.17) is 21.1 Å². The van der Waals surface area contributed by atoms with Gasteiger partial charge in [0.1, 0.15) is 11.4 Å². The lowest BCUT2D eigenvalue weighted by molar-refractivity contribution is -0.138. The number of benzene rings is 2. The molecule has 1 aliphatic heterocycles. The monoisotopic (exact) mass is 487 g/mol. The highest BCUT2D eigenvalue weighted by Gasteiger charge is 2.25. The first-order valence-corrected chi connectivity index (χ1v) is 10.9. The van der Waals surface area contributed by atoms with Crippen LogP contribution in [0.5, 0.6) is 5.75 Å². The standard InChI is InChI=1S/C24H26ClN3O6/c1-32-21-9-4-16(25)14-19(21)23(30)28-12-10-27(11-13-28)18-7-5-17(6-8-18)26-20(24(31)34-3)15-22(29)33-2/h4-9,14-15,26H,10-13H2,1-3H3/b20-15+.